The maximum atomic E-state index is 11.6. The first kappa shape index (κ1) is 10.0. The van der Waals surface area contributed by atoms with Gasteiger partial charge in [0.2, 0.25) is 0 Å². The molecule has 0 fully saturated rings. The van der Waals surface area contributed by atoms with Crippen molar-refractivity contribution < 1.29 is 9.53 Å². The second-order valence-electron chi connectivity index (χ2n) is 3.73. The summed E-state index contributed by atoms with van der Waals surface area (Å²) in [7, 11) is 1.45. The van der Waals surface area contributed by atoms with Crippen molar-refractivity contribution in [3.8, 4) is 0 Å². The van der Waals surface area contributed by atoms with Crippen molar-refractivity contribution in [1.82, 2.24) is 0 Å². The molecular formula is C12H15NO2. The van der Waals surface area contributed by atoms with Gasteiger partial charge in [-0.15, -0.1) is 0 Å². The van der Waals surface area contributed by atoms with E-state index >= 15 is 0 Å². The van der Waals surface area contributed by atoms with Gasteiger partial charge >= 0.3 is 5.97 Å². The number of hydrogen-bond donors (Lipinski definition) is 1. The van der Waals surface area contributed by atoms with E-state index in [1.165, 1.54) is 7.11 Å². The van der Waals surface area contributed by atoms with Crippen LogP contribution in [0.2, 0.25) is 0 Å². The first-order chi connectivity index (χ1) is 7.33. The first-order valence-corrected chi connectivity index (χ1v) is 5.23. The molecule has 1 aliphatic rings. The highest BCUT2D eigenvalue weighted by Crippen LogP contribution is 2.31. The molecule has 0 amide bonds. The largest absolute Gasteiger partial charge is 0.469 e. The van der Waals surface area contributed by atoms with E-state index in [0.29, 0.717) is 0 Å². The lowest BCUT2D eigenvalue weighted by atomic mass is 9.94. The molecule has 3 nitrogen and oxygen atoms in total. The third-order valence-electron chi connectivity index (χ3n) is 2.81. The highest BCUT2D eigenvalue weighted by Gasteiger charge is 2.25. The molecule has 0 spiro atoms. The van der Waals surface area contributed by atoms with E-state index in [9.17, 15) is 4.79 Å². The third-order valence-corrected chi connectivity index (χ3v) is 2.81. The number of carbonyl (C=O) groups excluding carboxylic acids is 1. The molecule has 1 aromatic carbocycles. The van der Waals surface area contributed by atoms with Crippen molar-refractivity contribution >= 4 is 11.7 Å². The normalized spacial score (nSPS) is 19.7. The Morgan fingerprint density at radius 1 is 1.47 bits per heavy atom. The highest BCUT2D eigenvalue weighted by atomic mass is 16.5. The summed E-state index contributed by atoms with van der Waals surface area (Å²) in [6, 6.07) is 7.94. The minimum absolute atomic E-state index is 0.110. The van der Waals surface area contributed by atoms with Crippen molar-refractivity contribution in [3.63, 3.8) is 0 Å². The van der Waals surface area contributed by atoms with Gasteiger partial charge in [0, 0.05) is 12.2 Å². The van der Waals surface area contributed by atoms with E-state index in [2.05, 4.69) is 5.32 Å². The van der Waals surface area contributed by atoms with Gasteiger partial charge in [0.05, 0.1) is 13.0 Å². The van der Waals surface area contributed by atoms with Crippen molar-refractivity contribution in [3.05, 3.63) is 29.8 Å². The van der Waals surface area contributed by atoms with Crippen LogP contribution in [0.3, 0.4) is 0 Å². The second-order valence-corrected chi connectivity index (χ2v) is 3.73. The average molecular weight is 205 g/mol. The number of nitrogens with one attached hydrogen (secondary N) is 1. The number of rotatable bonds is 1. The molecule has 1 atom stereocenters. The molecule has 0 saturated carbocycles. The molecule has 3 heteroatoms. The number of esters is 1. The third kappa shape index (κ3) is 1.96. The predicted molar refractivity (Wildman–Crippen MR) is 58.9 cm³/mol. The minimum Gasteiger partial charge on any atom is -0.469 e. The Morgan fingerprint density at radius 2 is 2.27 bits per heavy atom. The molecule has 80 valence electrons. The molecule has 0 saturated heterocycles. The van der Waals surface area contributed by atoms with Gasteiger partial charge in [-0.3, -0.25) is 4.79 Å². The van der Waals surface area contributed by atoms with Gasteiger partial charge in [-0.2, -0.15) is 0 Å². The molecule has 15 heavy (non-hydrogen) atoms. The molecule has 1 aliphatic heterocycles. The molecule has 1 N–H and O–H groups in total. The lowest BCUT2D eigenvalue weighted by Gasteiger charge is -2.14. The Morgan fingerprint density at radius 3 is 3.07 bits per heavy atom. The number of benzene rings is 1. The van der Waals surface area contributed by atoms with Gasteiger partial charge < -0.3 is 10.1 Å². The lowest BCUT2D eigenvalue weighted by Crippen LogP contribution is -2.13. The van der Waals surface area contributed by atoms with Crippen LogP contribution in [0, 0.1) is 0 Å². The van der Waals surface area contributed by atoms with Gasteiger partial charge in [0.15, 0.2) is 0 Å². The number of fused-ring (bicyclic) bond motifs is 1. The van der Waals surface area contributed by atoms with Gasteiger partial charge in [-0.05, 0) is 24.5 Å². The van der Waals surface area contributed by atoms with Crippen LogP contribution in [0.25, 0.3) is 0 Å². The number of methoxy groups -OCH3 is 1. The number of carbonyl (C=O) groups is 1. The maximum absolute atomic E-state index is 11.6. The van der Waals surface area contributed by atoms with Crippen LogP contribution in [-0.2, 0) is 9.53 Å². The predicted octanol–water partition coefficient (Wildman–Crippen LogP) is 2.15. The summed E-state index contributed by atoms with van der Waals surface area (Å²) in [5, 5.41) is 3.33. The Labute approximate surface area is 89.4 Å². The van der Waals surface area contributed by atoms with Gasteiger partial charge in [-0.1, -0.05) is 18.2 Å². The SMILES string of the molecule is COC(=O)[C@H]1CCCNc2ccccc21. The van der Waals surface area contributed by atoms with E-state index in [4.69, 9.17) is 4.74 Å². The Kier molecular flexibility index (Phi) is 2.90. The molecule has 0 aromatic heterocycles. The van der Waals surface area contributed by atoms with Crippen molar-refractivity contribution in [2.75, 3.05) is 19.0 Å². The molecule has 0 unspecified atom stereocenters. The van der Waals surface area contributed by atoms with E-state index in [-0.39, 0.29) is 11.9 Å². The van der Waals surface area contributed by atoms with Crippen LogP contribution in [0.4, 0.5) is 5.69 Å². The van der Waals surface area contributed by atoms with E-state index in [0.717, 1.165) is 30.6 Å². The van der Waals surface area contributed by atoms with Crippen LogP contribution >= 0.6 is 0 Å². The van der Waals surface area contributed by atoms with Crippen molar-refractivity contribution in [1.29, 1.82) is 0 Å². The summed E-state index contributed by atoms with van der Waals surface area (Å²) >= 11 is 0. The first-order valence-electron chi connectivity index (χ1n) is 5.23. The molecule has 1 heterocycles. The van der Waals surface area contributed by atoms with Gasteiger partial charge in [-0.25, -0.2) is 0 Å². The van der Waals surface area contributed by atoms with E-state index in [1.54, 1.807) is 0 Å². The van der Waals surface area contributed by atoms with Gasteiger partial charge in [0.25, 0.3) is 0 Å². The molecule has 0 radical (unpaired) electrons. The summed E-state index contributed by atoms with van der Waals surface area (Å²) in [6.07, 6.45) is 1.85. The summed E-state index contributed by atoms with van der Waals surface area (Å²) in [5.74, 6) is -0.243. The Hall–Kier alpha value is -1.51. The number of anilines is 1. The van der Waals surface area contributed by atoms with Crippen LogP contribution in [0.5, 0.6) is 0 Å². The number of ether oxygens (including phenoxy) is 1. The van der Waals surface area contributed by atoms with E-state index in [1.807, 2.05) is 24.3 Å². The fourth-order valence-electron chi connectivity index (χ4n) is 2.03. The maximum Gasteiger partial charge on any atom is 0.313 e. The Balaban J connectivity index is 2.37. The summed E-state index contributed by atoms with van der Waals surface area (Å²) in [5.41, 5.74) is 2.12. The quantitative estimate of drug-likeness (QED) is 0.714. The zero-order chi connectivity index (χ0) is 10.7. The van der Waals surface area contributed by atoms with E-state index < -0.39 is 0 Å². The zero-order valence-corrected chi connectivity index (χ0v) is 8.82. The van der Waals surface area contributed by atoms with Crippen LogP contribution in [0.15, 0.2) is 24.3 Å². The lowest BCUT2D eigenvalue weighted by molar-refractivity contribution is -0.142. The minimum atomic E-state index is -0.133. The topological polar surface area (TPSA) is 38.3 Å². The Bertz CT molecular complexity index is 362. The van der Waals surface area contributed by atoms with Crippen LogP contribution in [0.1, 0.15) is 24.3 Å². The summed E-state index contributed by atoms with van der Waals surface area (Å²) < 4.78 is 4.84. The smallest absolute Gasteiger partial charge is 0.313 e. The highest BCUT2D eigenvalue weighted by molar-refractivity contribution is 5.80. The summed E-state index contributed by atoms with van der Waals surface area (Å²) in [6.45, 7) is 0.921. The van der Waals surface area contributed by atoms with Crippen LogP contribution < -0.4 is 5.32 Å². The molecule has 0 aliphatic carbocycles. The average Bonchev–Trinajstić information content (AvgIpc) is 2.50. The molecule has 0 bridgehead atoms. The molecule has 1 aromatic rings. The molecular weight excluding hydrogens is 190 g/mol. The van der Waals surface area contributed by atoms with Crippen molar-refractivity contribution in [2.24, 2.45) is 0 Å². The summed E-state index contributed by atoms with van der Waals surface area (Å²) in [4.78, 5) is 11.6. The van der Waals surface area contributed by atoms with Crippen LogP contribution in [-0.4, -0.2) is 19.6 Å². The zero-order valence-electron chi connectivity index (χ0n) is 8.82. The standard InChI is InChI=1S/C12H15NO2/c1-15-12(14)10-6-4-8-13-11-7-3-2-5-9(10)11/h2-3,5,7,10,13H,4,6,8H2,1H3/t10-/m0/s1. The fraction of sp³-hybridized carbons (Fsp3) is 0.417. The second kappa shape index (κ2) is 4.34. The van der Waals surface area contributed by atoms with Crippen molar-refractivity contribution in [2.45, 2.75) is 18.8 Å². The monoisotopic (exact) mass is 205 g/mol. The number of para-hydroxylation sites is 1. The fourth-order valence-corrected chi connectivity index (χ4v) is 2.03. The molecule has 2 rings (SSSR count). The number of hydrogen-bond acceptors (Lipinski definition) is 3. The van der Waals surface area contributed by atoms with Gasteiger partial charge in [0.1, 0.15) is 0 Å².